The Morgan fingerprint density at radius 3 is 2.14 bits per heavy atom. The van der Waals surface area contributed by atoms with Gasteiger partial charge in [-0.25, -0.2) is 0 Å². The quantitative estimate of drug-likeness (QED) is 0.207. The van der Waals surface area contributed by atoms with E-state index in [1.807, 2.05) is 12.4 Å². The van der Waals surface area contributed by atoms with Gasteiger partial charge in [-0.3, -0.25) is 14.9 Å². The monoisotopic (exact) mass is 310 g/mol. The van der Waals surface area contributed by atoms with Crippen molar-refractivity contribution in [3.63, 3.8) is 0 Å². The van der Waals surface area contributed by atoms with Gasteiger partial charge in [0.25, 0.3) is 0 Å². The molecule has 0 unspecified atom stereocenters. The maximum absolute atomic E-state index is 11.0. The molecule has 4 heteroatoms. The summed E-state index contributed by atoms with van der Waals surface area (Å²) in [6.45, 7) is 2.14. The first-order valence-corrected chi connectivity index (χ1v) is 8.90. The summed E-state index contributed by atoms with van der Waals surface area (Å²) in [5.74, 6) is 0. The van der Waals surface area contributed by atoms with Crippen LogP contribution in [0.2, 0.25) is 0 Å². The molecule has 1 radical (unpaired) electrons. The maximum atomic E-state index is 11.0. The van der Waals surface area contributed by atoms with Gasteiger partial charge in [0.1, 0.15) is 0 Å². The lowest BCUT2D eigenvalue weighted by Crippen LogP contribution is -1.99. The third-order valence-electron chi connectivity index (χ3n) is 3.88. The molecule has 0 fully saturated rings. The Labute approximate surface area is 135 Å². The molecule has 0 heterocycles. The zero-order valence-corrected chi connectivity index (χ0v) is 14.1. The Hall–Kier alpha value is -1.19. The van der Waals surface area contributed by atoms with Crippen molar-refractivity contribution in [2.45, 2.75) is 96.8 Å². The van der Waals surface area contributed by atoms with Gasteiger partial charge in [-0.05, 0) is 31.8 Å². The molecule has 0 atom stereocenters. The van der Waals surface area contributed by atoms with Crippen molar-refractivity contribution in [3.8, 4) is 0 Å². The smallest absolute Gasteiger partial charge is 0.242 e. The summed E-state index contributed by atoms with van der Waals surface area (Å²) >= 11 is 0. The largest absolute Gasteiger partial charge is 0.291 e. The molecule has 0 aromatic rings. The third-order valence-corrected chi connectivity index (χ3v) is 3.88. The van der Waals surface area contributed by atoms with Crippen LogP contribution < -0.4 is 0 Å². The Morgan fingerprint density at radius 2 is 1.55 bits per heavy atom. The number of nitrogens with zero attached hydrogens (tertiary/aromatic N) is 1. The average Bonchev–Trinajstić information content (AvgIpc) is 2.50. The van der Waals surface area contributed by atoms with Crippen molar-refractivity contribution in [2.75, 3.05) is 0 Å². The molecule has 22 heavy (non-hydrogen) atoms. The number of unbranched alkanes of at least 4 members (excludes halogenated alkanes) is 11. The van der Waals surface area contributed by atoms with E-state index in [1.165, 1.54) is 19.3 Å². The van der Waals surface area contributed by atoms with E-state index in [1.54, 1.807) is 0 Å². The normalized spacial score (nSPS) is 11.6. The highest BCUT2D eigenvalue weighted by Crippen LogP contribution is 2.14. The summed E-state index contributed by atoms with van der Waals surface area (Å²) in [6, 6.07) is 0. The van der Waals surface area contributed by atoms with Crippen LogP contribution in [-0.4, -0.2) is 11.2 Å². The Bertz CT molecular complexity index is 313. The highest BCUT2D eigenvalue weighted by atomic mass is 16.6. The Balaban J connectivity index is 3.60. The van der Waals surface area contributed by atoms with Crippen molar-refractivity contribution in [3.05, 3.63) is 21.9 Å². The van der Waals surface area contributed by atoms with E-state index in [0.717, 1.165) is 57.8 Å². The van der Waals surface area contributed by atoms with Crippen LogP contribution in [0.3, 0.4) is 0 Å². The standard InChI is InChI=1S/C18H32NO3/c1-2-3-4-12-15-18(19(21)22)16-13-10-8-6-5-7-9-11-14-17-20/h16H,2-15H2,1H3/b18-16-. The fourth-order valence-electron chi connectivity index (χ4n) is 2.49. The lowest BCUT2D eigenvalue weighted by atomic mass is 10.1. The summed E-state index contributed by atoms with van der Waals surface area (Å²) in [4.78, 5) is 20.8. The summed E-state index contributed by atoms with van der Waals surface area (Å²) < 4.78 is 0. The molecular weight excluding hydrogens is 278 g/mol. The van der Waals surface area contributed by atoms with Gasteiger partial charge >= 0.3 is 0 Å². The van der Waals surface area contributed by atoms with Crippen LogP contribution >= 0.6 is 0 Å². The van der Waals surface area contributed by atoms with Crippen molar-refractivity contribution in [2.24, 2.45) is 0 Å². The molecule has 0 bridgehead atoms. The second-order valence-electron chi connectivity index (χ2n) is 5.92. The van der Waals surface area contributed by atoms with Crippen LogP contribution in [0.1, 0.15) is 96.8 Å². The van der Waals surface area contributed by atoms with Gasteiger partial charge in [0.15, 0.2) is 6.29 Å². The Morgan fingerprint density at radius 1 is 0.955 bits per heavy atom. The summed E-state index contributed by atoms with van der Waals surface area (Å²) in [5.41, 5.74) is 0.404. The number of nitro groups is 1. The highest BCUT2D eigenvalue weighted by Gasteiger charge is 2.08. The molecule has 0 N–H and O–H groups in total. The van der Waals surface area contributed by atoms with Crippen LogP contribution in [0.15, 0.2) is 11.8 Å². The van der Waals surface area contributed by atoms with Crippen LogP contribution in [0.5, 0.6) is 0 Å². The van der Waals surface area contributed by atoms with E-state index in [9.17, 15) is 14.9 Å². The molecule has 0 aromatic heterocycles. The lowest BCUT2D eigenvalue weighted by molar-refractivity contribution is -0.428. The molecule has 0 aliphatic carbocycles. The van der Waals surface area contributed by atoms with Crippen molar-refractivity contribution < 1.29 is 9.72 Å². The highest BCUT2D eigenvalue weighted by molar-refractivity contribution is 5.50. The van der Waals surface area contributed by atoms with E-state index in [0.29, 0.717) is 18.5 Å². The van der Waals surface area contributed by atoms with Crippen LogP contribution in [0.25, 0.3) is 0 Å². The van der Waals surface area contributed by atoms with Crippen molar-refractivity contribution in [1.29, 1.82) is 0 Å². The second kappa shape index (κ2) is 16.2. The van der Waals surface area contributed by atoms with Gasteiger partial charge in [0, 0.05) is 12.8 Å². The lowest BCUT2D eigenvalue weighted by Gasteiger charge is -2.01. The predicted octanol–water partition coefficient (Wildman–Crippen LogP) is 5.74. The van der Waals surface area contributed by atoms with Gasteiger partial charge in [-0.2, -0.15) is 0 Å². The summed E-state index contributed by atoms with van der Waals surface area (Å²) in [5, 5.41) is 11.0. The van der Waals surface area contributed by atoms with E-state index in [2.05, 4.69) is 6.92 Å². The van der Waals surface area contributed by atoms with Gasteiger partial charge in [-0.1, -0.05) is 58.3 Å². The molecule has 0 aliphatic heterocycles. The first kappa shape index (κ1) is 20.8. The molecule has 0 saturated carbocycles. The summed E-state index contributed by atoms with van der Waals surface area (Å²) in [6.07, 6.45) is 17.9. The predicted molar refractivity (Wildman–Crippen MR) is 91.1 cm³/mol. The average molecular weight is 310 g/mol. The minimum Gasteiger partial charge on any atom is -0.291 e. The number of hydrogen-bond donors (Lipinski definition) is 0. The number of carbonyl (C=O) groups excluding carboxylic acids is 1. The Kier molecular flexibility index (Phi) is 15.3. The second-order valence-corrected chi connectivity index (χ2v) is 5.92. The van der Waals surface area contributed by atoms with Gasteiger partial charge in [-0.15, -0.1) is 0 Å². The summed E-state index contributed by atoms with van der Waals surface area (Å²) in [7, 11) is 0. The zero-order valence-electron chi connectivity index (χ0n) is 14.1. The molecular formula is C18H32NO3. The minimum atomic E-state index is -0.212. The topological polar surface area (TPSA) is 60.2 Å². The molecule has 0 aromatic carbocycles. The fraction of sp³-hybridized carbons (Fsp3) is 0.833. The van der Waals surface area contributed by atoms with Gasteiger partial charge < -0.3 is 0 Å². The van der Waals surface area contributed by atoms with E-state index in [4.69, 9.17) is 0 Å². The third kappa shape index (κ3) is 13.8. The number of allylic oxidation sites excluding steroid dienone is 2. The van der Waals surface area contributed by atoms with E-state index < -0.39 is 0 Å². The van der Waals surface area contributed by atoms with E-state index in [-0.39, 0.29) is 4.92 Å². The first-order valence-electron chi connectivity index (χ1n) is 8.90. The van der Waals surface area contributed by atoms with Crippen LogP contribution in [0, 0.1) is 10.1 Å². The molecule has 4 nitrogen and oxygen atoms in total. The van der Waals surface area contributed by atoms with Crippen molar-refractivity contribution >= 4 is 6.29 Å². The zero-order chi connectivity index (χ0) is 16.5. The maximum Gasteiger partial charge on any atom is 0.242 e. The molecule has 0 rings (SSSR count). The molecule has 127 valence electrons. The molecule has 0 amide bonds. The SMILES string of the molecule is CCCCCC/C(=C/CCCCCCCCC[C]=O)[N+](=O)[O-]. The first-order chi connectivity index (χ1) is 10.7. The number of hydrogen-bond acceptors (Lipinski definition) is 3. The van der Waals surface area contributed by atoms with E-state index >= 15 is 0 Å². The van der Waals surface area contributed by atoms with Crippen molar-refractivity contribution in [1.82, 2.24) is 0 Å². The molecule has 0 saturated heterocycles. The van der Waals surface area contributed by atoms with Gasteiger partial charge in [0.05, 0.1) is 4.92 Å². The molecule has 0 spiro atoms. The number of rotatable bonds is 16. The van der Waals surface area contributed by atoms with Gasteiger partial charge in [0.2, 0.25) is 5.70 Å². The fourth-order valence-corrected chi connectivity index (χ4v) is 2.49. The van der Waals surface area contributed by atoms with Crippen LogP contribution in [-0.2, 0) is 4.79 Å². The minimum absolute atomic E-state index is 0.212. The molecule has 0 aliphatic rings. The van der Waals surface area contributed by atoms with Crippen LogP contribution in [0.4, 0.5) is 0 Å².